The first kappa shape index (κ1) is 16.1. The molecule has 2 heteroatoms. The molecular weight excluding hydrogens is 294 g/mol. The van der Waals surface area contributed by atoms with E-state index in [1.807, 2.05) is 6.08 Å². The van der Waals surface area contributed by atoms with Gasteiger partial charge < -0.3 is 0 Å². The van der Waals surface area contributed by atoms with Crippen LogP contribution in [-0.2, 0) is 4.79 Å². The zero-order valence-corrected chi connectivity index (χ0v) is 15.1. The van der Waals surface area contributed by atoms with Crippen LogP contribution in [0.3, 0.4) is 0 Å². The molecule has 0 aromatic carbocycles. The van der Waals surface area contributed by atoms with Gasteiger partial charge in [0.2, 0.25) is 0 Å². The van der Waals surface area contributed by atoms with E-state index in [0.29, 0.717) is 29.5 Å². The van der Waals surface area contributed by atoms with Gasteiger partial charge in [-0.3, -0.25) is 4.79 Å². The lowest BCUT2D eigenvalue weighted by Crippen LogP contribution is -2.48. The number of carbonyl (C=O) groups is 1. The van der Waals surface area contributed by atoms with Gasteiger partial charge >= 0.3 is 0 Å². The Balaban J connectivity index is 1.65. The molecule has 0 heterocycles. The summed E-state index contributed by atoms with van der Waals surface area (Å²) >= 11 is 0. The van der Waals surface area contributed by atoms with Crippen molar-refractivity contribution < 1.29 is 4.79 Å². The third-order valence-electron chi connectivity index (χ3n) is 8.32. The quantitative estimate of drug-likeness (QED) is 0.699. The molecule has 4 aliphatic rings. The van der Waals surface area contributed by atoms with Gasteiger partial charge in [0.15, 0.2) is 5.78 Å². The second-order valence-corrected chi connectivity index (χ2v) is 9.15. The summed E-state index contributed by atoms with van der Waals surface area (Å²) in [6.07, 6.45) is 15.4. The van der Waals surface area contributed by atoms with Gasteiger partial charge in [0.05, 0.1) is 6.07 Å². The molecule has 0 aliphatic heterocycles. The Kier molecular flexibility index (Phi) is 3.75. The molecule has 128 valence electrons. The minimum atomic E-state index is 0.208. The van der Waals surface area contributed by atoms with Crippen molar-refractivity contribution in [1.82, 2.24) is 0 Å². The molecule has 0 spiro atoms. The smallest absolute Gasteiger partial charge is 0.156 e. The van der Waals surface area contributed by atoms with Crippen LogP contribution in [0.1, 0.15) is 65.2 Å². The normalized spacial score (nSPS) is 46.5. The van der Waals surface area contributed by atoms with Gasteiger partial charge in [-0.05, 0) is 84.7 Å². The molecule has 2 fully saturated rings. The number of nitriles is 1. The van der Waals surface area contributed by atoms with Crippen LogP contribution in [0.25, 0.3) is 0 Å². The average molecular weight is 323 g/mol. The summed E-state index contributed by atoms with van der Waals surface area (Å²) in [4.78, 5) is 11.9. The van der Waals surface area contributed by atoms with Gasteiger partial charge in [-0.25, -0.2) is 0 Å². The van der Waals surface area contributed by atoms with Crippen molar-refractivity contribution in [3.8, 4) is 6.07 Å². The first-order valence-electron chi connectivity index (χ1n) is 9.79. The van der Waals surface area contributed by atoms with E-state index in [0.717, 1.165) is 31.1 Å². The van der Waals surface area contributed by atoms with Gasteiger partial charge in [0, 0.05) is 12.8 Å². The van der Waals surface area contributed by atoms with Crippen LogP contribution in [0.2, 0.25) is 0 Å². The molecule has 0 bridgehead atoms. The Labute approximate surface area is 146 Å². The van der Waals surface area contributed by atoms with Crippen LogP contribution in [0.15, 0.2) is 23.8 Å². The maximum absolute atomic E-state index is 11.9. The molecule has 4 aliphatic carbocycles. The lowest BCUT2D eigenvalue weighted by atomic mass is 9.48. The Morgan fingerprint density at radius 3 is 2.83 bits per heavy atom. The van der Waals surface area contributed by atoms with E-state index in [1.54, 1.807) is 0 Å². The monoisotopic (exact) mass is 323 g/mol. The third kappa shape index (κ3) is 2.17. The molecule has 0 aromatic heterocycles. The van der Waals surface area contributed by atoms with E-state index in [1.165, 1.54) is 31.3 Å². The minimum absolute atomic E-state index is 0.208. The maximum Gasteiger partial charge on any atom is 0.156 e. The highest BCUT2D eigenvalue weighted by Crippen LogP contribution is 2.65. The molecule has 0 N–H and O–H groups in total. The van der Waals surface area contributed by atoms with E-state index < -0.39 is 0 Å². The lowest BCUT2D eigenvalue weighted by Gasteiger charge is -2.56. The van der Waals surface area contributed by atoms with Crippen molar-refractivity contribution in [2.24, 2.45) is 34.5 Å². The van der Waals surface area contributed by atoms with Crippen molar-refractivity contribution in [3.63, 3.8) is 0 Å². The first-order chi connectivity index (χ1) is 11.5. The van der Waals surface area contributed by atoms with Crippen molar-refractivity contribution in [3.05, 3.63) is 23.8 Å². The summed E-state index contributed by atoms with van der Waals surface area (Å²) < 4.78 is 0. The van der Waals surface area contributed by atoms with E-state index in [4.69, 9.17) is 5.26 Å². The highest BCUT2D eigenvalue weighted by Gasteiger charge is 2.57. The van der Waals surface area contributed by atoms with Crippen LogP contribution < -0.4 is 0 Å². The van der Waals surface area contributed by atoms with E-state index >= 15 is 0 Å². The Hall–Kier alpha value is -1.36. The zero-order valence-electron chi connectivity index (χ0n) is 15.1. The van der Waals surface area contributed by atoms with Gasteiger partial charge in [-0.1, -0.05) is 26.0 Å². The van der Waals surface area contributed by atoms with Crippen molar-refractivity contribution in [2.75, 3.05) is 0 Å². The Morgan fingerprint density at radius 1 is 1.21 bits per heavy atom. The highest BCUT2D eigenvalue weighted by atomic mass is 16.1. The fourth-order valence-corrected chi connectivity index (χ4v) is 6.82. The summed E-state index contributed by atoms with van der Waals surface area (Å²) in [5.41, 5.74) is 1.92. The lowest BCUT2D eigenvalue weighted by molar-refractivity contribution is -0.116. The van der Waals surface area contributed by atoms with Crippen molar-refractivity contribution in [2.45, 2.75) is 65.2 Å². The number of carbonyl (C=O) groups excluding carboxylic acids is 1. The number of fused-ring (bicyclic) bond motifs is 5. The predicted octanol–water partition coefficient (Wildman–Crippen LogP) is 5.21. The Morgan fingerprint density at radius 2 is 2.04 bits per heavy atom. The van der Waals surface area contributed by atoms with Crippen molar-refractivity contribution in [1.29, 1.82) is 5.26 Å². The number of nitrogens with zero attached hydrogens (tertiary/aromatic N) is 1. The third-order valence-corrected chi connectivity index (χ3v) is 8.32. The zero-order chi connectivity index (χ0) is 16.9. The fraction of sp³-hybridized carbons (Fsp3) is 0.727. The van der Waals surface area contributed by atoms with Gasteiger partial charge in [-0.15, -0.1) is 0 Å². The molecule has 0 saturated heterocycles. The summed E-state index contributed by atoms with van der Waals surface area (Å²) in [5, 5.41) is 8.98. The van der Waals surface area contributed by atoms with Crippen LogP contribution >= 0.6 is 0 Å². The van der Waals surface area contributed by atoms with Crippen LogP contribution in [0.5, 0.6) is 0 Å². The largest absolute Gasteiger partial charge is 0.295 e. The number of allylic oxidation sites excluding steroid dienone is 4. The van der Waals surface area contributed by atoms with E-state index in [2.05, 4.69) is 32.1 Å². The van der Waals surface area contributed by atoms with Gasteiger partial charge in [0.25, 0.3) is 0 Å². The molecule has 2 nitrogen and oxygen atoms in total. The molecule has 0 radical (unpaired) electrons. The van der Waals surface area contributed by atoms with E-state index in [9.17, 15) is 4.79 Å². The molecule has 0 aromatic rings. The molecular formula is C22H29NO. The number of hydrogen-bond acceptors (Lipinski definition) is 2. The van der Waals surface area contributed by atoms with Gasteiger partial charge in [0.1, 0.15) is 0 Å². The minimum Gasteiger partial charge on any atom is -0.295 e. The fourth-order valence-electron chi connectivity index (χ4n) is 6.82. The van der Waals surface area contributed by atoms with E-state index in [-0.39, 0.29) is 5.41 Å². The summed E-state index contributed by atoms with van der Waals surface area (Å²) in [6.45, 7) is 4.92. The second-order valence-electron chi connectivity index (χ2n) is 9.15. The average Bonchev–Trinajstić information content (AvgIpc) is 2.90. The highest BCUT2D eigenvalue weighted by molar-refractivity contribution is 5.92. The number of hydrogen-bond donors (Lipinski definition) is 0. The maximum atomic E-state index is 11.9. The first-order valence-corrected chi connectivity index (χ1v) is 9.79. The van der Waals surface area contributed by atoms with Crippen LogP contribution in [0, 0.1) is 45.8 Å². The predicted molar refractivity (Wildman–Crippen MR) is 95.0 cm³/mol. The van der Waals surface area contributed by atoms with Gasteiger partial charge in [-0.2, -0.15) is 5.26 Å². The topological polar surface area (TPSA) is 40.9 Å². The summed E-state index contributed by atoms with van der Waals surface area (Å²) in [5.74, 6) is 3.19. The molecule has 0 amide bonds. The molecule has 6 unspecified atom stereocenters. The number of ketones is 1. The molecule has 24 heavy (non-hydrogen) atoms. The molecule has 6 atom stereocenters. The SMILES string of the molecule is CC12CCC(=O)C=C1C=CC1C2CCC2(C)C(CCC#N)CCC12. The van der Waals surface area contributed by atoms with Crippen molar-refractivity contribution >= 4 is 5.78 Å². The molecule has 4 rings (SSSR count). The number of rotatable bonds is 2. The summed E-state index contributed by atoms with van der Waals surface area (Å²) in [7, 11) is 0. The Bertz CT molecular complexity index is 653. The standard InChI is InChI=1S/C22H29NO/c1-21-12-10-20-18(19(21)8-6-15(21)4-3-13-23)7-5-16-14-17(24)9-11-22(16,20)2/h5,7,14-15,18-20H,3-4,6,8-12H2,1-2H3. The second kappa shape index (κ2) is 5.58. The van der Waals surface area contributed by atoms with Crippen LogP contribution in [-0.4, -0.2) is 5.78 Å². The summed E-state index contributed by atoms with van der Waals surface area (Å²) in [6, 6.07) is 2.36. The van der Waals surface area contributed by atoms with Crippen LogP contribution in [0.4, 0.5) is 0 Å². The molecule has 2 saturated carbocycles.